The topological polar surface area (TPSA) is 90.2 Å². The highest BCUT2D eigenvalue weighted by molar-refractivity contribution is 5.91. The second-order valence-corrected chi connectivity index (χ2v) is 5.97. The fraction of sp³-hybridized carbons (Fsp3) is 0.412. The van der Waals surface area contributed by atoms with Gasteiger partial charge in [-0.05, 0) is 45.9 Å². The first-order valence-electron chi connectivity index (χ1n) is 8.15. The number of furan rings is 1. The predicted molar refractivity (Wildman–Crippen MR) is 89.0 cm³/mol. The maximum atomic E-state index is 12.7. The Morgan fingerprint density at radius 1 is 1.24 bits per heavy atom. The second-order valence-electron chi connectivity index (χ2n) is 5.97. The summed E-state index contributed by atoms with van der Waals surface area (Å²) in [4.78, 5) is 14.3. The number of amides is 1. The summed E-state index contributed by atoms with van der Waals surface area (Å²) in [5.41, 5.74) is 3.32. The number of aromatic nitrogens is 4. The normalized spacial score (nSPS) is 11.0. The van der Waals surface area contributed by atoms with E-state index in [1.54, 1.807) is 24.0 Å². The van der Waals surface area contributed by atoms with Gasteiger partial charge < -0.3 is 9.32 Å². The predicted octanol–water partition coefficient (Wildman–Crippen LogP) is 2.49. The molecule has 3 rings (SSSR count). The molecule has 0 saturated carbocycles. The molecule has 132 valence electrons. The van der Waals surface area contributed by atoms with E-state index in [1.807, 2.05) is 31.5 Å². The van der Waals surface area contributed by atoms with Crippen molar-refractivity contribution < 1.29 is 13.8 Å². The fourth-order valence-electron chi connectivity index (χ4n) is 2.62. The monoisotopic (exact) mass is 343 g/mol. The van der Waals surface area contributed by atoms with Crippen molar-refractivity contribution >= 4 is 5.91 Å². The lowest BCUT2D eigenvalue weighted by atomic mass is 10.3. The van der Waals surface area contributed by atoms with Gasteiger partial charge >= 0.3 is 0 Å². The lowest BCUT2D eigenvalue weighted by molar-refractivity contribution is 0.0714. The van der Waals surface area contributed by atoms with Crippen LogP contribution in [0.3, 0.4) is 0 Å². The number of aryl methyl sites for hydroxylation is 3. The Bertz CT molecular complexity index is 877. The van der Waals surface area contributed by atoms with E-state index in [0.717, 1.165) is 11.4 Å². The van der Waals surface area contributed by atoms with Gasteiger partial charge in [-0.2, -0.15) is 5.10 Å². The van der Waals surface area contributed by atoms with Crippen molar-refractivity contribution in [2.75, 3.05) is 6.54 Å². The van der Waals surface area contributed by atoms with Crippen molar-refractivity contribution in [2.45, 2.75) is 40.8 Å². The van der Waals surface area contributed by atoms with E-state index in [4.69, 9.17) is 4.42 Å². The minimum Gasteiger partial charge on any atom is -0.454 e. The van der Waals surface area contributed by atoms with Crippen LogP contribution in [-0.2, 0) is 13.1 Å². The van der Waals surface area contributed by atoms with Gasteiger partial charge in [-0.3, -0.25) is 9.48 Å². The minimum absolute atomic E-state index is 0.190. The van der Waals surface area contributed by atoms with Gasteiger partial charge in [0.25, 0.3) is 5.91 Å². The van der Waals surface area contributed by atoms with Crippen molar-refractivity contribution in [3.05, 3.63) is 52.5 Å². The molecule has 0 radical (unpaired) electrons. The van der Waals surface area contributed by atoms with Crippen molar-refractivity contribution in [3.8, 4) is 0 Å². The van der Waals surface area contributed by atoms with Crippen LogP contribution in [0.4, 0.5) is 0 Å². The Kier molecular flexibility index (Phi) is 4.69. The molecule has 1 amide bonds. The molecule has 0 N–H and O–H groups in total. The molecular formula is C17H21N5O3. The molecule has 0 unspecified atom stereocenters. The van der Waals surface area contributed by atoms with Crippen LogP contribution in [0.2, 0.25) is 0 Å². The Balaban J connectivity index is 1.72. The molecule has 8 heteroatoms. The van der Waals surface area contributed by atoms with Gasteiger partial charge in [0, 0.05) is 12.2 Å². The zero-order valence-corrected chi connectivity index (χ0v) is 14.8. The molecule has 0 spiro atoms. The summed E-state index contributed by atoms with van der Waals surface area (Å²) in [7, 11) is 0. The van der Waals surface area contributed by atoms with Gasteiger partial charge in [0.15, 0.2) is 5.76 Å². The molecule has 3 heterocycles. The SMILES string of the molecule is CCN(Cc1nonc1C)C(=O)c1ccc(Cn2nc(C)cc2C)o1. The van der Waals surface area contributed by atoms with E-state index in [1.165, 1.54) is 0 Å². The first-order chi connectivity index (χ1) is 12.0. The van der Waals surface area contributed by atoms with E-state index in [0.29, 0.717) is 42.5 Å². The number of hydrogen-bond donors (Lipinski definition) is 0. The van der Waals surface area contributed by atoms with Gasteiger partial charge in [-0.1, -0.05) is 10.3 Å². The van der Waals surface area contributed by atoms with Gasteiger partial charge in [0.2, 0.25) is 0 Å². The minimum atomic E-state index is -0.190. The summed E-state index contributed by atoms with van der Waals surface area (Å²) in [6.07, 6.45) is 0. The Labute approximate surface area is 145 Å². The average Bonchev–Trinajstić information content (AvgIpc) is 3.27. The largest absolute Gasteiger partial charge is 0.454 e. The second kappa shape index (κ2) is 6.92. The van der Waals surface area contributed by atoms with Crippen LogP contribution >= 0.6 is 0 Å². The first kappa shape index (κ1) is 16.9. The summed E-state index contributed by atoms with van der Waals surface area (Å²) in [6.45, 7) is 8.98. The van der Waals surface area contributed by atoms with Gasteiger partial charge in [0.05, 0.1) is 18.8 Å². The summed E-state index contributed by atoms with van der Waals surface area (Å²) in [6, 6.07) is 5.50. The van der Waals surface area contributed by atoms with Crippen LogP contribution in [0.5, 0.6) is 0 Å². The highest BCUT2D eigenvalue weighted by Crippen LogP contribution is 2.15. The standard InChI is InChI=1S/C17H21N5O3/c1-5-21(10-15-13(4)19-25-20-15)17(23)16-7-6-14(24-16)9-22-12(3)8-11(2)18-22/h6-8H,5,9-10H2,1-4H3. The summed E-state index contributed by atoms with van der Waals surface area (Å²) in [5.74, 6) is 0.793. The van der Waals surface area contributed by atoms with Gasteiger partial charge in [-0.25, -0.2) is 4.63 Å². The maximum absolute atomic E-state index is 12.7. The van der Waals surface area contributed by atoms with Crippen LogP contribution in [0.25, 0.3) is 0 Å². The van der Waals surface area contributed by atoms with E-state index in [-0.39, 0.29) is 5.91 Å². The van der Waals surface area contributed by atoms with Crippen LogP contribution in [-0.4, -0.2) is 37.4 Å². The number of nitrogens with zero attached hydrogens (tertiary/aromatic N) is 5. The smallest absolute Gasteiger partial charge is 0.289 e. The van der Waals surface area contributed by atoms with E-state index in [2.05, 4.69) is 20.0 Å². The average molecular weight is 343 g/mol. The first-order valence-corrected chi connectivity index (χ1v) is 8.15. The summed E-state index contributed by atoms with van der Waals surface area (Å²) < 4.78 is 12.3. The molecular weight excluding hydrogens is 322 g/mol. The van der Waals surface area contributed by atoms with Gasteiger partial charge in [-0.15, -0.1) is 0 Å². The molecule has 0 aliphatic rings. The highest BCUT2D eigenvalue weighted by atomic mass is 16.6. The van der Waals surface area contributed by atoms with E-state index >= 15 is 0 Å². The van der Waals surface area contributed by atoms with E-state index in [9.17, 15) is 4.79 Å². The molecule has 0 atom stereocenters. The lowest BCUT2D eigenvalue weighted by Gasteiger charge is -2.18. The molecule has 25 heavy (non-hydrogen) atoms. The van der Waals surface area contributed by atoms with Crippen molar-refractivity contribution in [1.82, 2.24) is 25.0 Å². The molecule has 0 aromatic carbocycles. The Hall–Kier alpha value is -2.90. The quantitative estimate of drug-likeness (QED) is 0.683. The molecule has 0 fully saturated rings. The third kappa shape index (κ3) is 3.62. The number of carbonyl (C=O) groups excluding carboxylic acids is 1. The zero-order valence-electron chi connectivity index (χ0n) is 14.8. The molecule has 0 aliphatic carbocycles. The Morgan fingerprint density at radius 3 is 2.64 bits per heavy atom. The molecule has 3 aromatic heterocycles. The molecule has 8 nitrogen and oxygen atoms in total. The number of carbonyl (C=O) groups is 1. The van der Waals surface area contributed by atoms with Crippen LogP contribution in [0.1, 0.15) is 46.0 Å². The van der Waals surface area contributed by atoms with Crippen molar-refractivity contribution in [1.29, 1.82) is 0 Å². The molecule has 3 aromatic rings. The van der Waals surface area contributed by atoms with Crippen LogP contribution in [0, 0.1) is 20.8 Å². The van der Waals surface area contributed by atoms with Crippen molar-refractivity contribution in [2.24, 2.45) is 0 Å². The van der Waals surface area contributed by atoms with Crippen molar-refractivity contribution in [3.63, 3.8) is 0 Å². The lowest BCUT2D eigenvalue weighted by Crippen LogP contribution is -2.30. The van der Waals surface area contributed by atoms with Crippen LogP contribution in [0.15, 0.2) is 27.2 Å². The fourth-order valence-corrected chi connectivity index (χ4v) is 2.62. The number of rotatable bonds is 6. The highest BCUT2D eigenvalue weighted by Gasteiger charge is 2.21. The van der Waals surface area contributed by atoms with Crippen LogP contribution < -0.4 is 0 Å². The van der Waals surface area contributed by atoms with Gasteiger partial charge in [0.1, 0.15) is 17.1 Å². The third-order valence-electron chi connectivity index (χ3n) is 4.04. The number of hydrogen-bond acceptors (Lipinski definition) is 6. The molecule has 0 saturated heterocycles. The molecule has 0 bridgehead atoms. The van der Waals surface area contributed by atoms with E-state index < -0.39 is 0 Å². The summed E-state index contributed by atoms with van der Waals surface area (Å²) in [5, 5.41) is 12.0. The molecule has 0 aliphatic heterocycles. The zero-order chi connectivity index (χ0) is 18.0. The maximum Gasteiger partial charge on any atom is 0.289 e. The third-order valence-corrected chi connectivity index (χ3v) is 4.04. The summed E-state index contributed by atoms with van der Waals surface area (Å²) >= 11 is 0. The Morgan fingerprint density at radius 2 is 2.04 bits per heavy atom.